The van der Waals surface area contributed by atoms with Crippen LogP contribution in [-0.2, 0) is 11.3 Å². The SMILES string of the molecule is CCCNC(COCC(F)(F)C(F)F)c1nccn1CC. The highest BCUT2D eigenvalue weighted by Gasteiger charge is 2.41. The van der Waals surface area contributed by atoms with Crippen LogP contribution in [0.3, 0.4) is 0 Å². The summed E-state index contributed by atoms with van der Waals surface area (Å²) in [5.74, 6) is -3.48. The van der Waals surface area contributed by atoms with Crippen molar-refractivity contribution in [2.75, 3.05) is 19.8 Å². The summed E-state index contributed by atoms with van der Waals surface area (Å²) in [6, 6.07) is -0.409. The van der Waals surface area contributed by atoms with E-state index >= 15 is 0 Å². The Hall–Kier alpha value is -1.15. The van der Waals surface area contributed by atoms with E-state index in [1.807, 2.05) is 18.4 Å². The molecule has 1 aromatic heterocycles. The van der Waals surface area contributed by atoms with Crippen LogP contribution in [0.2, 0.25) is 0 Å². The Morgan fingerprint density at radius 3 is 2.67 bits per heavy atom. The summed E-state index contributed by atoms with van der Waals surface area (Å²) >= 11 is 0. The second-order valence-electron chi connectivity index (χ2n) is 4.66. The molecule has 8 heteroatoms. The highest BCUT2D eigenvalue weighted by molar-refractivity contribution is 4.99. The Kier molecular flexibility index (Phi) is 7.10. The number of halogens is 4. The fourth-order valence-corrected chi connectivity index (χ4v) is 1.82. The van der Waals surface area contributed by atoms with Gasteiger partial charge in [0.1, 0.15) is 12.4 Å². The summed E-state index contributed by atoms with van der Waals surface area (Å²) in [6.07, 6.45) is 0.491. The molecule has 4 nitrogen and oxygen atoms in total. The maximum absolute atomic E-state index is 12.8. The van der Waals surface area contributed by atoms with Gasteiger partial charge in [0.05, 0.1) is 12.6 Å². The van der Waals surface area contributed by atoms with Gasteiger partial charge in [0, 0.05) is 18.9 Å². The third-order valence-corrected chi connectivity index (χ3v) is 2.94. The van der Waals surface area contributed by atoms with Crippen LogP contribution in [0.25, 0.3) is 0 Å². The first-order valence-corrected chi connectivity index (χ1v) is 6.90. The van der Waals surface area contributed by atoms with Gasteiger partial charge in [-0.1, -0.05) is 6.92 Å². The van der Waals surface area contributed by atoms with E-state index in [4.69, 9.17) is 4.74 Å². The van der Waals surface area contributed by atoms with Gasteiger partial charge in [0.15, 0.2) is 0 Å². The number of rotatable bonds is 10. The molecule has 0 fully saturated rings. The Morgan fingerprint density at radius 1 is 1.38 bits per heavy atom. The number of hydrogen-bond donors (Lipinski definition) is 1. The molecule has 0 amide bonds. The third-order valence-electron chi connectivity index (χ3n) is 2.94. The summed E-state index contributed by atoms with van der Waals surface area (Å²) in [4.78, 5) is 4.18. The minimum atomic E-state index is -4.13. The lowest BCUT2D eigenvalue weighted by Crippen LogP contribution is -2.35. The van der Waals surface area contributed by atoms with Crippen LogP contribution in [0.15, 0.2) is 12.4 Å². The zero-order valence-corrected chi connectivity index (χ0v) is 12.2. The predicted molar refractivity (Wildman–Crippen MR) is 70.7 cm³/mol. The Labute approximate surface area is 121 Å². The van der Waals surface area contributed by atoms with E-state index in [1.165, 1.54) is 0 Å². The van der Waals surface area contributed by atoms with Crippen molar-refractivity contribution in [2.45, 2.75) is 45.2 Å². The van der Waals surface area contributed by atoms with Gasteiger partial charge in [-0.3, -0.25) is 0 Å². The normalized spacial score (nSPS) is 13.9. The number of nitrogens with zero attached hydrogens (tertiary/aromatic N) is 2. The molecule has 21 heavy (non-hydrogen) atoms. The zero-order valence-electron chi connectivity index (χ0n) is 12.2. The van der Waals surface area contributed by atoms with E-state index in [0.717, 1.165) is 6.42 Å². The molecule has 0 saturated carbocycles. The predicted octanol–water partition coefficient (Wildman–Crippen LogP) is 2.86. The summed E-state index contributed by atoms with van der Waals surface area (Å²) < 4.78 is 56.4. The fraction of sp³-hybridized carbons (Fsp3) is 0.769. The third kappa shape index (κ3) is 5.28. The molecule has 1 N–H and O–H groups in total. The molecule has 1 rings (SSSR count). The molecule has 1 atom stereocenters. The van der Waals surface area contributed by atoms with Gasteiger partial charge in [0.25, 0.3) is 0 Å². The standard InChI is InChI=1S/C13H21F4N3O/c1-3-5-18-10(11-19-6-7-20(11)4-2)8-21-9-13(16,17)12(14)15/h6-7,10,12,18H,3-5,8-9H2,1-2H3. The van der Waals surface area contributed by atoms with E-state index in [0.29, 0.717) is 18.9 Å². The number of ether oxygens (including phenoxy) is 1. The van der Waals surface area contributed by atoms with Crippen LogP contribution in [0.1, 0.15) is 32.1 Å². The molecule has 1 unspecified atom stereocenters. The van der Waals surface area contributed by atoms with Crippen molar-refractivity contribution in [1.82, 2.24) is 14.9 Å². The maximum Gasteiger partial charge on any atom is 0.330 e. The number of aromatic nitrogens is 2. The van der Waals surface area contributed by atoms with Gasteiger partial charge >= 0.3 is 12.3 Å². The van der Waals surface area contributed by atoms with Crippen molar-refractivity contribution >= 4 is 0 Å². The van der Waals surface area contributed by atoms with Crippen molar-refractivity contribution in [3.05, 3.63) is 18.2 Å². The molecular weight excluding hydrogens is 290 g/mol. The van der Waals surface area contributed by atoms with Crippen molar-refractivity contribution in [1.29, 1.82) is 0 Å². The minimum absolute atomic E-state index is 0.140. The van der Waals surface area contributed by atoms with Crippen LogP contribution in [0, 0.1) is 0 Å². The molecule has 0 aliphatic heterocycles. The lowest BCUT2D eigenvalue weighted by atomic mass is 10.2. The summed E-state index contributed by atoms with van der Waals surface area (Å²) in [5, 5.41) is 3.12. The van der Waals surface area contributed by atoms with Gasteiger partial charge in [0.2, 0.25) is 0 Å². The summed E-state index contributed by atoms with van der Waals surface area (Å²) in [5.41, 5.74) is 0. The van der Waals surface area contributed by atoms with Crippen LogP contribution in [0.4, 0.5) is 17.6 Å². The lowest BCUT2D eigenvalue weighted by Gasteiger charge is -2.21. The Balaban J connectivity index is 2.63. The van der Waals surface area contributed by atoms with E-state index in [2.05, 4.69) is 10.3 Å². The fourth-order valence-electron chi connectivity index (χ4n) is 1.82. The molecule has 0 aliphatic rings. The van der Waals surface area contributed by atoms with Gasteiger partial charge in [-0.25, -0.2) is 13.8 Å². The van der Waals surface area contributed by atoms with Crippen LogP contribution in [0.5, 0.6) is 0 Å². The van der Waals surface area contributed by atoms with Crippen molar-refractivity contribution < 1.29 is 22.3 Å². The quantitative estimate of drug-likeness (QED) is 0.675. The number of hydrogen-bond acceptors (Lipinski definition) is 3. The summed E-state index contributed by atoms with van der Waals surface area (Å²) in [6.45, 7) is 3.76. The highest BCUT2D eigenvalue weighted by Crippen LogP contribution is 2.23. The second kappa shape index (κ2) is 8.33. The molecule has 0 spiro atoms. The van der Waals surface area contributed by atoms with Crippen LogP contribution >= 0.6 is 0 Å². The zero-order chi connectivity index (χ0) is 15.9. The average molecular weight is 311 g/mol. The average Bonchev–Trinajstić information content (AvgIpc) is 2.90. The molecule has 0 radical (unpaired) electrons. The Morgan fingerprint density at radius 2 is 2.10 bits per heavy atom. The second-order valence-corrected chi connectivity index (χ2v) is 4.66. The van der Waals surface area contributed by atoms with E-state index < -0.39 is 25.0 Å². The minimum Gasteiger partial charge on any atom is -0.373 e. The highest BCUT2D eigenvalue weighted by atomic mass is 19.3. The van der Waals surface area contributed by atoms with Crippen molar-refractivity contribution in [2.24, 2.45) is 0 Å². The van der Waals surface area contributed by atoms with E-state index in [-0.39, 0.29) is 6.61 Å². The van der Waals surface area contributed by atoms with Gasteiger partial charge in [-0.15, -0.1) is 0 Å². The largest absolute Gasteiger partial charge is 0.373 e. The number of nitrogens with one attached hydrogen (secondary N) is 1. The molecule has 0 bridgehead atoms. The maximum atomic E-state index is 12.8. The number of aryl methyl sites for hydroxylation is 1. The lowest BCUT2D eigenvalue weighted by molar-refractivity contribution is -0.167. The smallest absolute Gasteiger partial charge is 0.330 e. The van der Waals surface area contributed by atoms with Gasteiger partial charge < -0.3 is 14.6 Å². The first kappa shape index (κ1) is 17.9. The van der Waals surface area contributed by atoms with Gasteiger partial charge in [-0.05, 0) is 19.9 Å². The van der Waals surface area contributed by atoms with E-state index in [9.17, 15) is 17.6 Å². The number of imidazole rings is 1. The first-order valence-electron chi connectivity index (χ1n) is 6.90. The molecule has 122 valence electrons. The van der Waals surface area contributed by atoms with Crippen molar-refractivity contribution in [3.63, 3.8) is 0 Å². The molecule has 0 aromatic carbocycles. The molecular formula is C13H21F4N3O. The first-order chi connectivity index (χ1) is 9.92. The molecule has 1 heterocycles. The summed E-state index contributed by atoms with van der Waals surface area (Å²) in [7, 11) is 0. The molecule has 0 saturated heterocycles. The molecule has 0 aliphatic carbocycles. The van der Waals surface area contributed by atoms with Crippen molar-refractivity contribution in [3.8, 4) is 0 Å². The van der Waals surface area contributed by atoms with Crippen LogP contribution in [-0.4, -0.2) is 41.7 Å². The van der Waals surface area contributed by atoms with E-state index in [1.54, 1.807) is 12.4 Å². The van der Waals surface area contributed by atoms with Crippen LogP contribution < -0.4 is 5.32 Å². The molecule has 1 aromatic rings. The topological polar surface area (TPSA) is 39.1 Å². The number of alkyl halides is 4. The Bertz CT molecular complexity index is 412. The monoisotopic (exact) mass is 311 g/mol. The van der Waals surface area contributed by atoms with Gasteiger partial charge in [-0.2, -0.15) is 8.78 Å².